The first kappa shape index (κ1) is 39.7. The van der Waals surface area contributed by atoms with E-state index in [-0.39, 0.29) is 11.6 Å². The van der Waals surface area contributed by atoms with Gasteiger partial charge in [0.05, 0.1) is 12.7 Å². The topological polar surface area (TPSA) is 51.0 Å². The lowest BCUT2D eigenvalue weighted by molar-refractivity contribution is 0.0137. The van der Waals surface area contributed by atoms with Crippen molar-refractivity contribution in [1.82, 2.24) is 0 Å². The van der Waals surface area contributed by atoms with E-state index in [1.54, 1.807) is 0 Å². The van der Waals surface area contributed by atoms with Crippen LogP contribution in [0.25, 0.3) is 0 Å². The maximum atomic E-state index is 11.6. The summed E-state index contributed by atoms with van der Waals surface area (Å²) >= 11 is 0. The number of aliphatic hydroxyl groups is 1. The minimum atomic E-state index is -2.10. The van der Waals surface area contributed by atoms with E-state index >= 15 is 0 Å². The molecule has 1 unspecified atom stereocenters. The van der Waals surface area contributed by atoms with Crippen LogP contribution in [0.1, 0.15) is 134 Å². The SMILES string of the molecule is CCCCCCCCCCCCCCCC(O)C(CO[Si](C)(C)C(C)(C)C)=NOC(c1ccccc1)(c1ccccc1)c1ccccc1. The Morgan fingerprint density at radius 1 is 0.625 bits per heavy atom. The summed E-state index contributed by atoms with van der Waals surface area (Å²) in [5.74, 6) is 0. The lowest BCUT2D eigenvalue weighted by Gasteiger charge is -2.37. The largest absolute Gasteiger partial charge is 0.411 e. The predicted octanol–water partition coefficient (Wildman–Crippen LogP) is 12.2. The van der Waals surface area contributed by atoms with Crippen molar-refractivity contribution in [1.29, 1.82) is 0 Å². The molecule has 0 fully saturated rings. The van der Waals surface area contributed by atoms with Crippen molar-refractivity contribution in [2.45, 2.75) is 147 Å². The monoisotopic (exact) mass is 671 g/mol. The molecule has 5 heteroatoms. The summed E-state index contributed by atoms with van der Waals surface area (Å²) in [4.78, 5) is 6.80. The van der Waals surface area contributed by atoms with Gasteiger partial charge in [-0.25, -0.2) is 0 Å². The quantitative estimate of drug-likeness (QED) is 0.0359. The van der Waals surface area contributed by atoms with Gasteiger partial charge in [-0.1, -0.05) is 207 Å². The fraction of sp³-hybridized carbons (Fsp3) is 0.558. The first-order valence-electron chi connectivity index (χ1n) is 18.9. The number of hydrogen-bond acceptors (Lipinski definition) is 4. The molecule has 1 atom stereocenters. The van der Waals surface area contributed by atoms with E-state index in [2.05, 4.69) is 77.2 Å². The Bertz CT molecular complexity index is 1190. The summed E-state index contributed by atoms with van der Waals surface area (Å²) in [7, 11) is -2.10. The predicted molar refractivity (Wildman–Crippen MR) is 207 cm³/mol. The molecule has 0 amide bonds. The molecule has 264 valence electrons. The molecule has 0 bridgehead atoms. The Labute approximate surface area is 294 Å². The van der Waals surface area contributed by atoms with Crippen LogP contribution in [-0.4, -0.2) is 31.8 Å². The highest BCUT2D eigenvalue weighted by molar-refractivity contribution is 6.74. The zero-order chi connectivity index (χ0) is 34.7. The molecule has 3 aromatic rings. The van der Waals surface area contributed by atoms with Crippen molar-refractivity contribution in [3.8, 4) is 0 Å². The smallest absolute Gasteiger partial charge is 0.212 e. The zero-order valence-corrected chi connectivity index (χ0v) is 32.1. The third-order valence-electron chi connectivity index (χ3n) is 10.2. The maximum Gasteiger partial charge on any atom is 0.212 e. The number of hydrogen-bond donors (Lipinski definition) is 1. The highest BCUT2D eigenvalue weighted by Gasteiger charge is 2.41. The molecule has 3 aromatic carbocycles. The van der Waals surface area contributed by atoms with Gasteiger partial charge >= 0.3 is 0 Å². The fourth-order valence-electron chi connectivity index (χ4n) is 5.98. The maximum absolute atomic E-state index is 11.6. The highest BCUT2D eigenvalue weighted by Crippen LogP contribution is 2.41. The number of oxime groups is 1. The molecule has 1 N–H and O–H groups in total. The molecule has 0 saturated carbocycles. The molecule has 0 aromatic heterocycles. The molecular formula is C43H65NO3Si. The van der Waals surface area contributed by atoms with E-state index in [9.17, 15) is 5.11 Å². The Morgan fingerprint density at radius 3 is 1.38 bits per heavy atom. The number of rotatable bonds is 23. The highest BCUT2D eigenvalue weighted by atomic mass is 28.4. The first-order valence-corrected chi connectivity index (χ1v) is 21.8. The van der Waals surface area contributed by atoms with Crippen LogP contribution < -0.4 is 0 Å². The van der Waals surface area contributed by atoms with Crippen molar-refractivity contribution in [3.63, 3.8) is 0 Å². The average molecular weight is 672 g/mol. The van der Waals surface area contributed by atoms with E-state index in [0.717, 1.165) is 29.5 Å². The minimum absolute atomic E-state index is 0.0425. The summed E-state index contributed by atoms with van der Waals surface area (Å²) < 4.78 is 6.65. The van der Waals surface area contributed by atoms with Crippen LogP contribution in [0, 0.1) is 0 Å². The molecule has 3 rings (SSSR count). The average Bonchev–Trinajstić information content (AvgIpc) is 3.09. The molecule has 0 radical (unpaired) electrons. The van der Waals surface area contributed by atoms with Crippen molar-refractivity contribution in [2.75, 3.05) is 6.61 Å². The van der Waals surface area contributed by atoms with Gasteiger partial charge in [0, 0.05) is 16.7 Å². The van der Waals surface area contributed by atoms with Crippen molar-refractivity contribution in [2.24, 2.45) is 5.16 Å². The van der Waals surface area contributed by atoms with Gasteiger partial charge in [-0.3, -0.25) is 0 Å². The summed E-state index contributed by atoms with van der Waals surface area (Å²) in [6.07, 6.45) is 16.8. The lowest BCUT2D eigenvalue weighted by atomic mass is 9.80. The minimum Gasteiger partial charge on any atom is -0.411 e. The number of benzene rings is 3. The van der Waals surface area contributed by atoms with Gasteiger partial charge in [-0.2, -0.15) is 0 Å². The van der Waals surface area contributed by atoms with Gasteiger partial charge in [0.25, 0.3) is 0 Å². The third-order valence-corrected chi connectivity index (χ3v) is 14.7. The molecule has 0 aliphatic rings. The van der Waals surface area contributed by atoms with Gasteiger partial charge < -0.3 is 14.4 Å². The Balaban J connectivity index is 1.74. The Hall–Kier alpha value is -2.73. The van der Waals surface area contributed by atoms with E-state index in [0.29, 0.717) is 12.1 Å². The van der Waals surface area contributed by atoms with Crippen LogP contribution in [0.2, 0.25) is 18.1 Å². The van der Waals surface area contributed by atoms with E-state index in [1.807, 2.05) is 54.6 Å². The van der Waals surface area contributed by atoms with E-state index < -0.39 is 20.0 Å². The Kier molecular flexibility index (Phi) is 17.1. The second-order valence-corrected chi connectivity index (χ2v) is 19.9. The first-order chi connectivity index (χ1) is 23.1. The van der Waals surface area contributed by atoms with Gasteiger partial charge in [0.2, 0.25) is 5.60 Å². The van der Waals surface area contributed by atoms with Gasteiger partial charge in [-0.15, -0.1) is 0 Å². The molecular weight excluding hydrogens is 607 g/mol. The van der Waals surface area contributed by atoms with E-state index in [1.165, 1.54) is 70.6 Å². The summed E-state index contributed by atoms with van der Waals surface area (Å²) in [6, 6.07) is 30.8. The van der Waals surface area contributed by atoms with Crippen LogP contribution >= 0.6 is 0 Å². The van der Waals surface area contributed by atoms with Crippen LogP contribution in [0.4, 0.5) is 0 Å². The van der Waals surface area contributed by atoms with E-state index in [4.69, 9.17) is 14.4 Å². The number of nitrogens with zero attached hydrogens (tertiary/aromatic N) is 1. The normalized spacial score (nSPS) is 13.4. The van der Waals surface area contributed by atoms with Crippen LogP contribution in [0.5, 0.6) is 0 Å². The Morgan fingerprint density at radius 2 is 1.00 bits per heavy atom. The fourth-order valence-corrected chi connectivity index (χ4v) is 6.92. The standard InChI is InChI=1S/C43H65NO3Si/c1-7-8-9-10-11-12-13-14-15-16-17-18-28-35-41(45)40(36-46-48(5,6)42(2,3)4)44-47-43(37-29-22-19-23-30-37,38-31-24-20-25-32-38)39-33-26-21-27-34-39/h19-27,29-34,41,45H,7-18,28,35-36H2,1-6H3. The van der Waals surface area contributed by atoms with Crippen molar-refractivity contribution in [3.05, 3.63) is 108 Å². The molecule has 0 spiro atoms. The third kappa shape index (κ3) is 12.3. The van der Waals surface area contributed by atoms with Crippen LogP contribution in [0.15, 0.2) is 96.2 Å². The van der Waals surface area contributed by atoms with Crippen LogP contribution in [0.3, 0.4) is 0 Å². The second-order valence-electron chi connectivity index (χ2n) is 15.0. The van der Waals surface area contributed by atoms with Crippen LogP contribution in [-0.2, 0) is 14.9 Å². The van der Waals surface area contributed by atoms with Gasteiger partial charge in [-0.05, 0) is 24.6 Å². The van der Waals surface area contributed by atoms with Gasteiger partial charge in [0.1, 0.15) is 5.71 Å². The number of unbranched alkanes of at least 4 members (excludes halogenated alkanes) is 12. The summed E-state index contributed by atoms with van der Waals surface area (Å²) in [5.41, 5.74) is 2.48. The second kappa shape index (κ2) is 20.7. The number of aliphatic hydroxyl groups excluding tert-OH is 1. The van der Waals surface area contributed by atoms with Crippen molar-refractivity contribution < 1.29 is 14.4 Å². The summed E-state index contributed by atoms with van der Waals surface area (Å²) in [5, 5.41) is 16.5. The van der Waals surface area contributed by atoms with Crippen molar-refractivity contribution >= 4 is 14.0 Å². The van der Waals surface area contributed by atoms with Gasteiger partial charge in [0.15, 0.2) is 8.32 Å². The molecule has 0 aliphatic carbocycles. The summed E-state index contributed by atoms with van der Waals surface area (Å²) in [6.45, 7) is 13.7. The molecule has 48 heavy (non-hydrogen) atoms. The lowest BCUT2D eigenvalue weighted by Crippen LogP contribution is -2.43. The molecule has 0 aliphatic heterocycles. The molecule has 4 nitrogen and oxygen atoms in total. The molecule has 0 saturated heterocycles. The molecule has 0 heterocycles. The zero-order valence-electron chi connectivity index (χ0n) is 31.1.